The van der Waals surface area contributed by atoms with E-state index in [1.807, 2.05) is 29.2 Å². The number of halogens is 2. The van der Waals surface area contributed by atoms with Crippen LogP contribution in [0, 0.1) is 0 Å². The van der Waals surface area contributed by atoms with Gasteiger partial charge in [-0.1, -0.05) is 39.7 Å². The number of carbonyl (C=O) groups excluding carboxylic acids is 2. The highest BCUT2D eigenvalue weighted by Gasteiger charge is 2.23. The van der Waals surface area contributed by atoms with Crippen LogP contribution in [0.1, 0.15) is 20.7 Å². The van der Waals surface area contributed by atoms with E-state index in [1.165, 1.54) is 0 Å². The maximum absolute atomic E-state index is 12.8. The minimum atomic E-state index is -0.281. The van der Waals surface area contributed by atoms with Gasteiger partial charge in [-0.15, -0.1) is 0 Å². The average Bonchev–Trinajstić information content (AvgIpc) is 2.85. The summed E-state index contributed by atoms with van der Waals surface area (Å²) in [4.78, 5) is 29.3. The highest BCUT2D eigenvalue weighted by atomic mass is 79.9. The Balaban J connectivity index is 1.37. The number of piperazine rings is 1. The van der Waals surface area contributed by atoms with Crippen LogP contribution in [0.5, 0.6) is 0 Å². The van der Waals surface area contributed by atoms with Gasteiger partial charge >= 0.3 is 0 Å². The highest BCUT2D eigenvalue weighted by Crippen LogP contribution is 2.27. The van der Waals surface area contributed by atoms with Crippen LogP contribution < -0.4 is 15.5 Å². The van der Waals surface area contributed by atoms with Gasteiger partial charge in [0.1, 0.15) is 0 Å². The molecule has 3 aromatic carbocycles. The van der Waals surface area contributed by atoms with Crippen LogP contribution in [0.2, 0.25) is 5.02 Å². The Hall–Kier alpha value is -2.94. The Morgan fingerprint density at radius 3 is 2.15 bits per heavy atom. The molecule has 0 radical (unpaired) electrons. The van der Waals surface area contributed by atoms with Gasteiger partial charge in [0.25, 0.3) is 11.8 Å². The highest BCUT2D eigenvalue weighted by molar-refractivity contribution is 9.10. The number of para-hydroxylation sites is 2. The Morgan fingerprint density at radius 1 is 0.853 bits per heavy atom. The molecule has 2 amide bonds. The molecule has 1 saturated heterocycles. The van der Waals surface area contributed by atoms with Crippen LogP contribution in [-0.2, 0) is 0 Å². The number of thiocarbonyl (C=S) groups is 1. The summed E-state index contributed by atoms with van der Waals surface area (Å²) in [5.41, 5.74) is 2.90. The Bertz CT molecular complexity index is 1200. The summed E-state index contributed by atoms with van der Waals surface area (Å²) in [6.45, 7) is 2.55. The van der Waals surface area contributed by atoms with E-state index in [-0.39, 0.29) is 16.9 Å². The van der Waals surface area contributed by atoms with Crippen molar-refractivity contribution in [1.29, 1.82) is 0 Å². The number of rotatable bonds is 4. The predicted molar refractivity (Wildman–Crippen MR) is 144 cm³/mol. The Kier molecular flexibility index (Phi) is 7.82. The normalized spacial score (nSPS) is 13.4. The van der Waals surface area contributed by atoms with Gasteiger partial charge in [-0.05, 0) is 72.9 Å². The number of nitrogens with one attached hydrogen (secondary N) is 2. The first kappa shape index (κ1) is 24.2. The summed E-state index contributed by atoms with van der Waals surface area (Å²) in [5, 5.41) is 6.69. The number of hydrogen-bond acceptors (Lipinski definition) is 4. The van der Waals surface area contributed by atoms with E-state index in [2.05, 4.69) is 31.5 Å². The Morgan fingerprint density at radius 2 is 1.47 bits per heavy atom. The summed E-state index contributed by atoms with van der Waals surface area (Å²) >= 11 is 14.7. The zero-order chi connectivity index (χ0) is 24.1. The molecule has 0 aliphatic carbocycles. The Labute approximate surface area is 217 Å². The molecule has 3 aromatic rings. The van der Waals surface area contributed by atoms with Crippen molar-refractivity contribution < 1.29 is 9.59 Å². The number of benzene rings is 3. The molecule has 9 heteroatoms. The first-order chi connectivity index (χ1) is 16.4. The van der Waals surface area contributed by atoms with Crippen molar-refractivity contribution in [2.45, 2.75) is 0 Å². The van der Waals surface area contributed by atoms with Gasteiger partial charge in [-0.2, -0.15) is 0 Å². The molecule has 34 heavy (non-hydrogen) atoms. The fraction of sp³-hybridized carbons (Fsp3) is 0.160. The second kappa shape index (κ2) is 11.0. The van der Waals surface area contributed by atoms with Crippen molar-refractivity contribution in [1.82, 2.24) is 10.2 Å². The fourth-order valence-electron chi connectivity index (χ4n) is 3.71. The zero-order valence-electron chi connectivity index (χ0n) is 18.1. The first-order valence-electron chi connectivity index (χ1n) is 10.7. The van der Waals surface area contributed by atoms with Gasteiger partial charge in [0.15, 0.2) is 5.11 Å². The monoisotopic (exact) mass is 556 g/mol. The largest absolute Gasteiger partial charge is 0.366 e. The summed E-state index contributed by atoms with van der Waals surface area (Å²) in [6.07, 6.45) is 0. The molecule has 0 aromatic heterocycles. The van der Waals surface area contributed by atoms with Crippen LogP contribution in [0.4, 0.5) is 11.4 Å². The molecular formula is C25H22BrClN4O2S. The third-order valence-corrected chi connectivity index (χ3v) is 6.47. The molecule has 2 N–H and O–H groups in total. The van der Waals surface area contributed by atoms with Crippen molar-refractivity contribution in [2.75, 3.05) is 36.4 Å². The SMILES string of the molecule is O=C(NC(=S)Nc1ccccc1N1CCN(C(=O)c2ccc(Cl)cc2)CC1)c1ccc(Br)cc1. The smallest absolute Gasteiger partial charge is 0.257 e. The van der Waals surface area contributed by atoms with Gasteiger partial charge in [0.05, 0.1) is 11.4 Å². The molecule has 1 aliphatic heterocycles. The van der Waals surface area contributed by atoms with Gasteiger partial charge in [0.2, 0.25) is 0 Å². The van der Waals surface area contributed by atoms with E-state index in [1.54, 1.807) is 48.5 Å². The molecular weight excluding hydrogens is 536 g/mol. The molecule has 0 atom stereocenters. The summed E-state index contributed by atoms with van der Waals surface area (Å²) in [6, 6.07) is 21.8. The second-order valence-electron chi connectivity index (χ2n) is 7.72. The van der Waals surface area contributed by atoms with Gasteiger partial charge < -0.3 is 15.1 Å². The van der Waals surface area contributed by atoms with E-state index >= 15 is 0 Å². The minimum Gasteiger partial charge on any atom is -0.366 e. The quantitative estimate of drug-likeness (QED) is 0.432. The molecule has 0 spiro atoms. The zero-order valence-corrected chi connectivity index (χ0v) is 21.3. The van der Waals surface area contributed by atoms with E-state index in [0.717, 1.165) is 15.8 Å². The third kappa shape index (κ3) is 5.94. The van der Waals surface area contributed by atoms with E-state index in [9.17, 15) is 9.59 Å². The molecule has 1 fully saturated rings. The lowest BCUT2D eigenvalue weighted by Crippen LogP contribution is -2.49. The second-order valence-corrected chi connectivity index (χ2v) is 9.48. The lowest BCUT2D eigenvalue weighted by Gasteiger charge is -2.37. The van der Waals surface area contributed by atoms with Crippen molar-refractivity contribution in [3.63, 3.8) is 0 Å². The topological polar surface area (TPSA) is 64.7 Å². The maximum atomic E-state index is 12.8. The fourth-order valence-corrected chi connectivity index (χ4v) is 4.30. The number of amides is 2. The van der Waals surface area contributed by atoms with Gasteiger partial charge in [-0.3, -0.25) is 14.9 Å². The van der Waals surface area contributed by atoms with Crippen LogP contribution in [0.25, 0.3) is 0 Å². The molecule has 0 saturated carbocycles. The molecule has 6 nitrogen and oxygen atoms in total. The summed E-state index contributed by atoms with van der Waals surface area (Å²) < 4.78 is 0.897. The molecule has 174 valence electrons. The molecule has 0 unspecified atom stereocenters. The van der Waals surface area contributed by atoms with E-state index < -0.39 is 0 Å². The lowest BCUT2D eigenvalue weighted by molar-refractivity contribution is 0.0746. The standard InChI is InChI=1S/C25H22BrClN4O2S/c26-19-9-5-17(6-10-19)23(32)29-25(34)28-21-3-1-2-4-22(21)30-13-15-31(16-14-30)24(33)18-7-11-20(27)12-8-18/h1-12H,13-16H2,(H2,28,29,32,34). The van der Waals surface area contributed by atoms with Crippen LogP contribution in [0.3, 0.4) is 0 Å². The predicted octanol–water partition coefficient (Wildman–Crippen LogP) is 5.19. The minimum absolute atomic E-state index is 0.000409. The number of anilines is 2. The van der Waals surface area contributed by atoms with Crippen LogP contribution >= 0.6 is 39.7 Å². The molecule has 4 rings (SSSR count). The van der Waals surface area contributed by atoms with Crippen LogP contribution in [-0.4, -0.2) is 48.0 Å². The molecule has 0 bridgehead atoms. The average molecular weight is 558 g/mol. The van der Waals surface area contributed by atoms with Crippen molar-refractivity contribution in [2.24, 2.45) is 0 Å². The van der Waals surface area contributed by atoms with Gasteiger partial charge in [0, 0.05) is 46.8 Å². The lowest BCUT2D eigenvalue weighted by atomic mass is 10.1. The van der Waals surface area contributed by atoms with Crippen molar-refractivity contribution >= 4 is 68.1 Å². The van der Waals surface area contributed by atoms with Crippen molar-refractivity contribution in [3.05, 3.63) is 93.4 Å². The summed E-state index contributed by atoms with van der Waals surface area (Å²) in [5.74, 6) is -0.281. The molecule has 1 heterocycles. The number of nitrogens with zero attached hydrogens (tertiary/aromatic N) is 2. The van der Waals surface area contributed by atoms with E-state index in [4.69, 9.17) is 23.8 Å². The van der Waals surface area contributed by atoms with E-state index in [0.29, 0.717) is 42.3 Å². The number of hydrogen-bond donors (Lipinski definition) is 2. The van der Waals surface area contributed by atoms with Crippen LogP contribution in [0.15, 0.2) is 77.3 Å². The third-order valence-electron chi connectivity index (χ3n) is 5.48. The van der Waals surface area contributed by atoms with Crippen molar-refractivity contribution in [3.8, 4) is 0 Å². The number of carbonyl (C=O) groups is 2. The summed E-state index contributed by atoms with van der Waals surface area (Å²) in [7, 11) is 0. The maximum Gasteiger partial charge on any atom is 0.257 e. The first-order valence-corrected chi connectivity index (χ1v) is 12.3. The van der Waals surface area contributed by atoms with Gasteiger partial charge in [-0.25, -0.2) is 0 Å². The molecule has 1 aliphatic rings.